The maximum Gasteiger partial charge on any atom is 0.220 e. The predicted molar refractivity (Wildman–Crippen MR) is 63.8 cm³/mol. The van der Waals surface area contributed by atoms with Gasteiger partial charge in [0.25, 0.3) is 0 Å². The zero-order valence-electron chi connectivity index (χ0n) is 9.65. The number of nitrogens with one attached hydrogen (secondary N) is 1. The van der Waals surface area contributed by atoms with Crippen molar-refractivity contribution in [2.45, 2.75) is 32.2 Å². The summed E-state index contributed by atoms with van der Waals surface area (Å²) < 4.78 is 0. The van der Waals surface area contributed by atoms with Crippen LogP contribution in [0.2, 0.25) is 0 Å². The molecular weight excluding hydrogens is 202 g/mol. The monoisotopic (exact) mass is 221 g/mol. The van der Waals surface area contributed by atoms with Crippen LogP contribution in [0.1, 0.15) is 25.5 Å². The summed E-state index contributed by atoms with van der Waals surface area (Å²) >= 11 is 0. The van der Waals surface area contributed by atoms with Crippen LogP contribution in [0.4, 0.5) is 0 Å². The number of pyridine rings is 1. The maximum absolute atomic E-state index is 11.6. The third kappa shape index (κ3) is 4.40. The van der Waals surface area contributed by atoms with E-state index < -0.39 is 0 Å². The second kappa shape index (κ2) is 6.95. The molecule has 0 aliphatic heterocycles. The molecule has 0 aliphatic carbocycles. The van der Waals surface area contributed by atoms with Crippen molar-refractivity contribution < 1.29 is 4.79 Å². The van der Waals surface area contributed by atoms with E-state index in [0.717, 1.165) is 12.1 Å². The summed E-state index contributed by atoms with van der Waals surface area (Å²) in [5.74, 6) is 0.0444. The number of nitrogens with zero attached hydrogens (tertiary/aromatic N) is 1. The van der Waals surface area contributed by atoms with Gasteiger partial charge in [0, 0.05) is 30.9 Å². The number of amides is 1. The van der Waals surface area contributed by atoms with E-state index in [-0.39, 0.29) is 11.9 Å². The van der Waals surface area contributed by atoms with Gasteiger partial charge in [-0.3, -0.25) is 9.78 Å². The van der Waals surface area contributed by atoms with Gasteiger partial charge in [-0.1, -0.05) is 13.0 Å². The van der Waals surface area contributed by atoms with Crippen molar-refractivity contribution in [1.82, 2.24) is 10.3 Å². The highest BCUT2D eigenvalue weighted by molar-refractivity contribution is 5.76. The van der Waals surface area contributed by atoms with E-state index in [1.54, 1.807) is 6.20 Å². The number of hydrogen-bond acceptors (Lipinski definition) is 3. The molecule has 1 aromatic rings. The molecule has 1 amide bonds. The van der Waals surface area contributed by atoms with Crippen LogP contribution in [-0.2, 0) is 11.2 Å². The molecule has 0 saturated heterocycles. The number of carbonyl (C=O) groups excluding carboxylic acids is 1. The molecule has 3 N–H and O–H groups in total. The van der Waals surface area contributed by atoms with Gasteiger partial charge in [-0.2, -0.15) is 0 Å². The van der Waals surface area contributed by atoms with Gasteiger partial charge in [-0.15, -0.1) is 0 Å². The van der Waals surface area contributed by atoms with E-state index >= 15 is 0 Å². The first-order chi connectivity index (χ1) is 7.76. The standard InChI is InChI=1S/C12H19N3O/c1-2-10(9-13)15-12(16)7-6-11-5-3-4-8-14-11/h3-5,8,10H,2,6-7,9,13H2,1H3,(H,15,16). The summed E-state index contributed by atoms with van der Waals surface area (Å²) in [6, 6.07) is 5.81. The Morgan fingerprint density at radius 1 is 1.56 bits per heavy atom. The molecule has 88 valence electrons. The molecule has 1 atom stereocenters. The second-order valence-electron chi connectivity index (χ2n) is 3.73. The third-order valence-electron chi connectivity index (χ3n) is 2.48. The van der Waals surface area contributed by atoms with Crippen molar-refractivity contribution in [3.8, 4) is 0 Å². The molecule has 0 fully saturated rings. The van der Waals surface area contributed by atoms with Crippen LogP contribution in [-0.4, -0.2) is 23.5 Å². The number of rotatable bonds is 6. The Hall–Kier alpha value is -1.42. The number of aryl methyl sites for hydroxylation is 1. The first-order valence-corrected chi connectivity index (χ1v) is 5.65. The summed E-state index contributed by atoms with van der Waals surface area (Å²) in [7, 11) is 0. The van der Waals surface area contributed by atoms with Crippen molar-refractivity contribution in [2.75, 3.05) is 6.54 Å². The van der Waals surface area contributed by atoms with Gasteiger partial charge in [0.15, 0.2) is 0 Å². The molecule has 1 aromatic heterocycles. The minimum atomic E-state index is 0.0444. The molecule has 1 rings (SSSR count). The first kappa shape index (κ1) is 12.6. The van der Waals surface area contributed by atoms with Gasteiger partial charge < -0.3 is 11.1 Å². The second-order valence-corrected chi connectivity index (χ2v) is 3.73. The lowest BCUT2D eigenvalue weighted by Crippen LogP contribution is -2.39. The summed E-state index contributed by atoms with van der Waals surface area (Å²) in [6.07, 6.45) is 3.75. The molecule has 0 bridgehead atoms. The molecule has 4 nitrogen and oxygen atoms in total. The summed E-state index contributed by atoms with van der Waals surface area (Å²) in [6.45, 7) is 2.50. The fraction of sp³-hybridized carbons (Fsp3) is 0.500. The SMILES string of the molecule is CCC(CN)NC(=O)CCc1ccccn1. The highest BCUT2D eigenvalue weighted by Crippen LogP contribution is 1.99. The fourth-order valence-electron chi connectivity index (χ4n) is 1.42. The van der Waals surface area contributed by atoms with Crippen molar-refractivity contribution in [3.63, 3.8) is 0 Å². The van der Waals surface area contributed by atoms with Gasteiger partial charge in [0.1, 0.15) is 0 Å². The van der Waals surface area contributed by atoms with E-state index in [0.29, 0.717) is 19.4 Å². The van der Waals surface area contributed by atoms with Crippen LogP contribution < -0.4 is 11.1 Å². The number of hydrogen-bond donors (Lipinski definition) is 2. The van der Waals surface area contributed by atoms with E-state index in [1.165, 1.54) is 0 Å². The number of nitrogens with two attached hydrogens (primary N) is 1. The van der Waals surface area contributed by atoms with Gasteiger partial charge in [0.2, 0.25) is 5.91 Å². The van der Waals surface area contributed by atoms with Crippen molar-refractivity contribution in [3.05, 3.63) is 30.1 Å². The minimum absolute atomic E-state index is 0.0444. The molecule has 4 heteroatoms. The van der Waals surface area contributed by atoms with Crippen LogP contribution >= 0.6 is 0 Å². The smallest absolute Gasteiger partial charge is 0.220 e. The predicted octanol–water partition coefficient (Wildman–Crippen LogP) is 0.868. The van der Waals surface area contributed by atoms with Crippen LogP contribution in [0.5, 0.6) is 0 Å². The normalized spacial score (nSPS) is 12.1. The van der Waals surface area contributed by atoms with Gasteiger partial charge >= 0.3 is 0 Å². The lowest BCUT2D eigenvalue weighted by Gasteiger charge is -2.14. The Balaban J connectivity index is 2.30. The Morgan fingerprint density at radius 3 is 2.94 bits per heavy atom. The average molecular weight is 221 g/mol. The Kier molecular flexibility index (Phi) is 5.50. The van der Waals surface area contributed by atoms with Gasteiger partial charge in [0.05, 0.1) is 0 Å². The molecule has 0 saturated carbocycles. The van der Waals surface area contributed by atoms with Gasteiger partial charge in [-0.05, 0) is 25.0 Å². The van der Waals surface area contributed by atoms with E-state index in [4.69, 9.17) is 5.73 Å². The lowest BCUT2D eigenvalue weighted by molar-refractivity contribution is -0.121. The number of carbonyl (C=O) groups is 1. The van der Waals surface area contributed by atoms with E-state index in [2.05, 4.69) is 10.3 Å². The largest absolute Gasteiger partial charge is 0.352 e. The molecule has 1 heterocycles. The Labute approximate surface area is 96.3 Å². The van der Waals surface area contributed by atoms with Crippen molar-refractivity contribution in [1.29, 1.82) is 0 Å². The maximum atomic E-state index is 11.6. The zero-order chi connectivity index (χ0) is 11.8. The minimum Gasteiger partial charge on any atom is -0.352 e. The highest BCUT2D eigenvalue weighted by Gasteiger charge is 2.08. The third-order valence-corrected chi connectivity index (χ3v) is 2.48. The first-order valence-electron chi connectivity index (χ1n) is 5.65. The molecular formula is C12H19N3O. The molecule has 0 radical (unpaired) electrons. The zero-order valence-corrected chi connectivity index (χ0v) is 9.65. The molecule has 1 unspecified atom stereocenters. The Morgan fingerprint density at radius 2 is 2.38 bits per heavy atom. The summed E-state index contributed by atoms with van der Waals surface area (Å²) in [4.78, 5) is 15.7. The van der Waals surface area contributed by atoms with Crippen LogP contribution in [0.15, 0.2) is 24.4 Å². The lowest BCUT2D eigenvalue weighted by atomic mass is 10.2. The van der Waals surface area contributed by atoms with Crippen LogP contribution in [0, 0.1) is 0 Å². The topological polar surface area (TPSA) is 68.0 Å². The van der Waals surface area contributed by atoms with Gasteiger partial charge in [-0.25, -0.2) is 0 Å². The highest BCUT2D eigenvalue weighted by atomic mass is 16.1. The fourth-order valence-corrected chi connectivity index (χ4v) is 1.42. The summed E-state index contributed by atoms with van der Waals surface area (Å²) in [5.41, 5.74) is 6.45. The van der Waals surface area contributed by atoms with Crippen LogP contribution in [0.3, 0.4) is 0 Å². The Bertz CT molecular complexity index is 309. The average Bonchev–Trinajstić information content (AvgIpc) is 2.34. The van der Waals surface area contributed by atoms with Crippen molar-refractivity contribution >= 4 is 5.91 Å². The van der Waals surface area contributed by atoms with E-state index in [9.17, 15) is 4.79 Å². The molecule has 16 heavy (non-hydrogen) atoms. The molecule has 0 aromatic carbocycles. The quantitative estimate of drug-likeness (QED) is 0.749. The van der Waals surface area contributed by atoms with E-state index in [1.807, 2.05) is 25.1 Å². The number of aromatic nitrogens is 1. The molecule has 0 aliphatic rings. The summed E-state index contributed by atoms with van der Waals surface area (Å²) in [5, 5.41) is 2.89. The van der Waals surface area contributed by atoms with Crippen LogP contribution in [0.25, 0.3) is 0 Å². The van der Waals surface area contributed by atoms with Crippen molar-refractivity contribution in [2.24, 2.45) is 5.73 Å². The molecule has 0 spiro atoms.